The van der Waals surface area contributed by atoms with Crippen LogP contribution in [0.15, 0.2) is 18.2 Å². The lowest BCUT2D eigenvalue weighted by molar-refractivity contribution is -0.141. The van der Waals surface area contributed by atoms with Gasteiger partial charge in [0.25, 0.3) is 0 Å². The molecule has 1 aromatic carbocycles. The molecule has 0 radical (unpaired) electrons. The third-order valence-electron chi connectivity index (χ3n) is 3.65. The number of rotatable bonds is 5. The Labute approximate surface area is 122 Å². The van der Waals surface area contributed by atoms with Gasteiger partial charge in [-0.1, -0.05) is 0 Å². The van der Waals surface area contributed by atoms with E-state index < -0.39 is 17.7 Å². The first-order chi connectivity index (χ1) is 10.0. The van der Waals surface area contributed by atoms with E-state index in [-0.39, 0.29) is 17.6 Å². The normalized spacial score (nSPS) is 21.0. The van der Waals surface area contributed by atoms with E-state index in [1.807, 2.05) is 0 Å². The number of hydrogen-bond donors (Lipinski definition) is 2. The first-order valence-electron chi connectivity index (χ1n) is 6.97. The Kier molecular flexibility index (Phi) is 4.77. The summed E-state index contributed by atoms with van der Waals surface area (Å²) in [6.07, 6.45) is 1.40. The summed E-state index contributed by atoms with van der Waals surface area (Å²) >= 11 is 0. The highest BCUT2D eigenvalue weighted by Crippen LogP contribution is 2.33. The van der Waals surface area contributed by atoms with Crippen LogP contribution in [0, 0.1) is 17.7 Å². The molecule has 2 rings (SSSR count). The van der Waals surface area contributed by atoms with Crippen molar-refractivity contribution in [2.45, 2.75) is 26.2 Å². The Bertz CT molecular complexity index is 546. The van der Waals surface area contributed by atoms with Gasteiger partial charge in [0.15, 0.2) is 0 Å². The average Bonchev–Trinajstić information content (AvgIpc) is 2.92. The number of hydrogen-bond acceptors (Lipinski definition) is 3. The summed E-state index contributed by atoms with van der Waals surface area (Å²) < 4.78 is 18.5. The highest BCUT2D eigenvalue weighted by molar-refractivity contribution is 5.94. The largest absolute Gasteiger partial charge is 0.492 e. The SMILES string of the molecule is CCOc1cc(F)ccc1NC(=O)C1CCC(C(=O)O)C1. The molecule has 1 saturated carbocycles. The molecule has 0 bridgehead atoms. The zero-order chi connectivity index (χ0) is 15.4. The van der Waals surface area contributed by atoms with E-state index in [0.717, 1.165) is 0 Å². The number of benzene rings is 1. The fourth-order valence-electron chi connectivity index (χ4n) is 2.55. The molecule has 1 amide bonds. The van der Waals surface area contributed by atoms with E-state index in [1.165, 1.54) is 18.2 Å². The molecule has 114 valence electrons. The van der Waals surface area contributed by atoms with Crippen LogP contribution in [0.3, 0.4) is 0 Å². The summed E-state index contributed by atoms with van der Waals surface area (Å²) in [5.41, 5.74) is 0.405. The Balaban J connectivity index is 2.05. The van der Waals surface area contributed by atoms with Crippen LogP contribution in [0.4, 0.5) is 10.1 Å². The zero-order valence-corrected chi connectivity index (χ0v) is 11.8. The molecule has 2 N–H and O–H groups in total. The average molecular weight is 295 g/mol. The second-order valence-electron chi connectivity index (χ2n) is 5.11. The van der Waals surface area contributed by atoms with Crippen molar-refractivity contribution in [3.63, 3.8) is 0 Å². The van der Waals surface area contributed by atoms with Crippen molar-refractivity contribution in [1.29, 1.82) is 0 Å². The smallest absolute Gasteiger partial charge is 0.306 e. The summed E-state index contributed by atoms with van der Waals surface area (Å²) in [4.78, 5) is 23.1. The fourth-order valence-corrected chi connectivity index (χ4v) is 2.55. The van der Waals surface area contributed by atoms with Crippen LogP contribution < -0.4 is 10.1 Å². The van der Waals surface area contributed by atoms with E-state index in [4.69, 9.17) is 9.84 Å². The molecule has 0 spiro atoms. The quantitative estimate of drug-likeness (QED) is 0.875. The first-order valence-corrected chi connectivity index (χ1v) is 6.97. The molecule has 21 heavy (non-hydrogen) atoms. The van der Waals surface area contributed by atoms with Crippen LogP contribution in [-0.2, 0) is 9.59 Å². The minimum atomic E-state index is -0.859. The minimum absolute atomic E-state index is 0.244. The second-order valence-corrected chi connectivity index (χ2v) is 5.11. The molecule has 2 unspecified atom stereocenters. The number of carboxylic acid groups (broad SMARTS) is 1. The molecule has 0 aromatic heterocycles. The minimum Gasteiger partial charge on any atom is -0.492 e. The molecule has 5 nitrogen and oxygen atoms in total. The van der Waals surface area contributed by atoms with Crippen molar-refractivity contribution in [2.24, 2.45) is 11.8 Å². The third-order valence-corrected chi connectivity index (χ3v) is 3.65. The molecule has 1 aromatic rings. The summed E-state index contributed by atoms with van der Waals surface area (Å²) in [5, 5.41) is 11.7. The highest BCUT2D eigenvalue weighted by atomic mass is 19.1. The van der Waals surface area contributed by atoms with Gasteiger partial charge >= 0.3 is 5.97 Å². The zero-order valence-electron chi connectivity index (χ0n) is 11.8. The topological polar surface area (TPSA) is 75.6 Å². The summed E-state index contributed by atoms with van der Waals surface area (Å²) in [5.74, 6) is -2.05. The number of amides is 1. The Morgan fingerprint density at radius 1 is 1.38 bits per heavy atom. The van der Waals surface area contributed by atoms with Gasteiger partial charge < -0.3 is 15.2 Å². The van der Waals surface area contributed by atoms with E-state index >= 15 is 0 Å². The lowest BCUT2D eigenvalue weighted by Crippen LogP contribution is -2.22. The van der Waals surface area contributed by atoms with Gasteiger partial charge in [0.05, 0.1) is 18.2 Å². The summed E-state index contributed by atoms with van der Waals surface area (Å²) in [6.45, 7) is 2.13. The third kappa shape index (κ3) is 3.71. The van der Waals surface area contributed by atoms with Crippen LogP contribution >= 0.6 is 0 Å². The van der Waals surface area contributed by atoms with Crippen LogP contribution in [-0.4, -0.2) is 23.6 Å². The first kappa shape index (κ1) is 15.3. The van der Waals surface area contributed by atoms with Crippen LogP contribution in [0.2, 0.25) is 0 Å². The number of anilines is 1. The highest BCUT2D eigenvalue weighted by Gasteiger charge is 2.34. The monoisotopic (exact) mass is 295 g/mol. The standard InChI is InChI=1S/C15H18FNO4/c1-2-21-13-8-11(16)5-6-12(13)17-14(18)9-3-4-10(7-9)15(19)20/h5-6,8-10H,2-4,7H2,1H3,(H,17,18)(H,19,20). The molecular weight excluding hydrogens is 277 g/mol. The number of carbonyl (C=O) groups excluding carboxylic acids is 1. The number of aliphatic carboxylic acids is 1. The van der Waals surface area contributed by atoms with E-state index in [2.05, 4.69) is 5.32 Å². The van der Waals surface area contributed by atoms with Gasteiger partial charge in [-0.3, -0.25) is 9.59 Å². The van der Waals surface area contributed by atoms with Crippen LogP contribution in [0.1, 0.15) is 26.2 Å². The molecule has 0 saturated heterocycles. The van der Waals surface area contributed by atoms with Gasteiger partial charge in [0, 0.05) is 12.0 Å². The number of nitrogens with one attached hydrogen (secondary N) is 1. The van der Waals surface area contributed by atoms with Gasteiger partial charge in [-0.15, -0.1) is 0 Å². The summed E-state index contributed by atoms with van der Waals surface area (Å²) in [7, 11) is 0. The van der Waals surface area contributed by atoms with Crippen LogP contribution in [0.5, 0.6) is 5.75 Å². The number of halogens is 1. The Hall–Kier alpha value is -2.11. The van der Waals surface area contributed by atoms with Crippen molar-refractivity contribution in [3.05, 3.63) is 24.0 Å². The van der Waals surface area contributed by atoms with Gasteiger partial charge in [0.2, 0.25) is 5.91 Å². The van der Waals surface area contributed by atoms with Gasteiger partial charge in [-0.25, -0.2) is 4.39 Å². The molecule has 0 aliphatic heterocycles. The molecule has 1 aliphatic carbocycles. The Morgan fingerprint density at radius 2 is 2.10 bits per heavy atom. The molecule has 2 atom stereocenters. The Morgan fingerprint density at radius 3 is 2.71 bits per heavy atom. The van der Waals surface area contributed by atoms with E-state index in [9.17, 15) is 14.0 Å². The number of ether oxygens (including phenoxy) is 1. The molecule has 1 aliphatic rings. The van der Waals surface area contributed by atoms with Gasteiger partial charge in [0.1, 0.15) is 11.6 Å². The van der Waals surface area contributed by atoms with Crippen molar-refractivity contribution >= 4 is 17.6 Å². The molecule has 0 heterocycles. The maximum absolute atomic E-state index is 13.2. The van der Waals surface area contributed by atoms with Gasteiger partial charge in [-0.2, -0.15) is 0 Å². The second kappa shape index (κ2) is 6.56. The predicted molar refractivity (Wildman–Crippen MR) is 74.7 cm³/mol. The van der Waals surface area contributed by atoms with Crippen molar-refractivity contribution < 1.29 is 23.8 Å². The molecular formula is C15H18FNO4. The van der Waals surface area contributed by atoms with E-state index in [1.54, 1.807) is 6.92 Å². The predicted octanol–water partition coefficient (Wildman–Crippen LogP) is 2.66. The van der Waals surface area contributed by atoms with E-state index in [0.29, 0.717) is 31.6 Å². The number of carboxylic acids is 1. The maximum atomic E-state index is 13.2. The number of carbonyl (C=O) groups is 2. The fraction of sp³-hybridized carbons (Fsp3) is 0.467. The maximum Gasteiger partial charge on any atom is 0.306 e. The lowest BCUT2D eigenvalue weighted by Gasteiger charge is -2.14. The van der Waals surface area contributed by atoms with Crippen molar-refractivity contribution in [2.75, 3.05) is 11.9 Å². The van der Waals surface area contributed by atoms with Crippen LogP contribution in [0.25, 0.3) is 0 Å². The molecule has 1 fully saturated rings. The van der Waals surface area contributed by atoms with Gasteiger partial charge in [-0.05, 0) is 38.3 Å². The molecule has 6 heteroatoms. The lowest BCUT2D eigenvalue weighted by atomic mass is 10.0. The van der Waals surface area contributed by atoms with Crippen molar-refractivity contribution in [1.82, 2.24) is 0 Å². The van der Waals surface area contributed by atoms with Crippen molar-refractivity contribution in [3.8, 4) is 5.75 Å². The summed E-state index contributed by atoms with van der Waals surface area (Å²) in [6, 6.07) is 3.91.